The summed E-state index contributed by atoms with van der Waals surface area (Å²) in [6.07, 6.45) is 9.99. The van der Waals surface area contributed by atoms with Crippen molar-refractivity contribution < 1.29 is 9.53 Å². The Balaban J connectivity index is 1.37. The molecule has 4 rings (SSSR count). The number of carbonyl (C=O) groups excluding carboxylic acids is 1. The molecular weight excluding hydrogens is 332 g/mol. The molecule has 27 heavy (non-hydrogen) atoms. The van der Waals surface area contributed by atoms with Gasteiger partial charge in [0.15, 0.2) is 0 Å². The number of rotatable bonds is 3. The van der Waals surface area contributed by atoms with Gasteiger partial charge in [0.25, 0.3) is 0 Å². The lowest BCUT2D eigenvalue weighted by molar-refractivity contribution is -0.140. The molecule has 0 N–H and O–H groups in total. The number of aryl methyl sites for hydroxylation is 1. The molecule has 2 saturated carbocycles. The highest BCUT2D eigenvalue weighted by Gasteiger charge is 2.33. The van der Waals surface area contributed by atoms with Gasteiger partial charge in [-0.1, -0.05) is 50.1 Å². The second-order valence-electron chi connectivity index (χ2n) is 8.98. The monoisotopic (exact) mass is 364 g/mol. The maximum absolute atomic E-state index is 12.8. The molecule has 0 spiro atoms. The highest BCUT2D eigenvalue weighted by molar-refractivity contribution is 5.92. The van der Waals surface area contributed by atoms with Crippen LogP contribution in [0.15, 0.2) is 36.4 Å². The maximum Gasteiger partial charge on any atom is 0.314 e. The first-order valence-electron chi connectivity index (χ1n) is 10.8. The van der Waals surface area contributed by atoms with Gasteiger partial charge in [-0.3, -0.25) is 4.79 Å². The van der Waals surface area contributed by atoms with Crippen LogP contribution < -0.4 is 4.74 Å². The Morgan fingerprint density at radius 3 is 2.07 bits per heavy atom. The molecule has 144 valence electrons. The molecule has 0 atom stereocenters. The Morgan fingerprint density at radius 1 is 0.815 bits per heavy atom. The predicted molar refractivity (Wildman–Crippen MR) is 111 cm³/mol. The van der Waals surface area contributed by atoms with E-state index in [0.29, 0.717) is 5.75 Å². The smallest absolute Gasteiger partial charge is 0.314 e. The van der Waals surface area contributed by atoms with Crippen LogP contribution in [-0.2, 0) is 4.79 Å². The first-order chi connectivity index (χ1) is 13.1. The molecule has 2 fully saturated rings. The van der Waals surface area contributed by atoms with Crippen LogP contribution in [0.5, 0.6) is 5.75 Å². The third-order valence-electron chi connectivity index (χ3n) is 7.14. The fourth-order valence-electron chi connectivity index (χ4n) is 5.29. The topological polar surface area (TPSA) is 26.3 Å². The predicted octanol–water partition coefficient (Wildman–Crippen LogP) is 6.69. The third-order valence-corrected chi connectivity index (χ3v) is 7.14. The fourth-order valence-corrected chi connectivity index (χ4v) is 5.29. The number of hydrogen-bond donors (Lipinski definition) is 0. The lowest BCUT2D eigenvalue weighted by Crippen LogP contribution is -2.29. The summed E-state index contributed by atoms with van der Waals surface area (Å²) in [6.45, 7) is 4.49. The molecule has 2 aromatic carbocycles. The van der Waals surface area contributed by atoms with Gasteiger partial charge in [-0.25, -0.2) is 0 Å². The lowest BCUT2D eigenvalue weighted by Gasteiger charge is -2.36. The van der Waals surface area contributed by atoms with Gasteiger partial charge in [0.1, 0.15) is 5.75 Å². The summed E-state index contributed by atoms with van der Waals surface area (Å²) in [7, 11) is 0. The van der Waals surface area contributed by atoms with Crippen molar-refractivity contribution >= 4 is 16.7 Å². The molecule has 0 heterocycles. The van der Waals surface area contributed by atoms with Crippen molar-refractivity contribution in [2.75, 3.05) is 0 Å². The Bertz CT molecular complexity index is 793. The Hall–Kier alpha value is -1.83. The van der Waals surface area contributed by atoms with E-state index in [1.54, 1.807) is 0 Å². The minimum absolute atomic E-state index is 0.0280. The first-order valence-corrected chi connectivity index (χ1v) is 10.8. The normalized spacial score (nSPS) is 28.8. The number of carbonyl (C=O) groups is 1. The van der Waals surface area contributed by atoms with Crippen LogP contribution in [0.1, 0.15) is 63.9 Å². The number of ether oxygens (including phenoxy) is 1. The second kappa shape index (κ2) is 8.04. The molecule has 0 radical (unpaired) electrons. The molecule has 0 amide bonds. The summed E-state index contributed by atoms with van der Waals surface area (Å²) >= 11 is 0. The number of hydrogen-bond acceptors (Lipinski definition) is 2. The van der Waals surface area contributed by atoms with Crippen molar-refractivity contribution in [3.63, 3.8) is 0 Å². The van der Waals surface area contributed by atoms with Gasteiger partial charge >= 0.3 is 5.97 Å². The largest absolute Gasteiger partial charge is 0.426 e. The molecule has 0 unspecified atom stereocenters. The van der Waals surface area contributed by atoms with Crippen LogP contribution in [0.25, 0.3) is 10.8 Å². The number of esters is 1. The molecular formula is C25H32O2. The average Bonchev–Trinajstić information content (AvgIpc) is 2.71. The van der Waals surface area contributed by atoms with Crippen molar-refractivity contribution in [1.82, 2.24) is 0 Å². The maximum atomic E-state index is 12.8. The summed E-state index contributed by atoms with van der Waals surface area (Å²) < 4.78 is 5.88. The van der Waals surface area contributed by atoms with E-state index in [1.807, 2.05) is 30.3 Å². The SMILES string of the molecule is Cc1ccc(OC(=O)C2CCC(C3CCC(C)CC3)CC2)c2ccccc12. The summed E-state index contributed by atoms with van der Waals surface area (Å²) in [5.41, 5.74) is 1.22. The van der Waals surface area contributed by atoms with Gasteiger partial charge in [-0.2, -0.15) is 0 Å². The lowest BCUT2D eigenvalue weighted by atomic mass is 9.69. The quantitative estimate of drug-likeness (QED) is 0.448. The van der Waals surface area contributed by atoms with E-state index in [0.717, 1.165) is 41.4 Å². The fraction of sp³-hybridized carbons (Fsp3) is 0.560. The standard InChI is InChI=1S/C25H32O2/c1-17-7-10-19(11-8-17)20-12-14-21(15-13-20)25(26)27-24-16-9-18(2)22-5-3-4-6-23(22)24/h3-6,9,16-17,19-21H,7-8,10-15H2,1-2H3. The zero-order valence-corrected chi connectivity index (χ0v) is 16.7. The Labute approximate surface area is 163 Å². The van der Waals surface area contributed by atoms with Gasteiger partial charge in [-0.05, 0) is 80.2 Å². The van der Waals surface area contributed by atoms with Crippen molar-refractivity contribution in [2.24, 2.45) is 23.7 Å². The second-order valence-corrected chi connectivity index (χ2v) is 8.98. The van der Waals surface area contributed by atoms with Gasteiger partial charge in [0.05, 0.1) is 5.92 Å². The minimum atomic E-state index is -0.0280. The highest BCUT2D eigenvalue weighted by atomic mass is 16.5. The van der Waals surface area contributed by atoms with Crippen molar-refractivity contribution in [1.29, 1.82) is 0 Å². The molecule has 2 nitrogen and oxygen atoms in total. The molecule has 0 saturated heterocycles. The molecule has 2 heteroatoms. The van der Waals surface area contributed by atoms with Gasteiger partial charge in [0.2, 0.25) is 0 Å². The van der Waals surface area contributed by atoms with Crippen LogP contribution in [0, 0.1) is 30.6 Å². The van der Waals surface area contributed by atoms with E-state index in [-0.39, 0.29) is 11.9 Å². The van der Waals surface area contributed by atoms with E-state index in [9.17, 15) is 4.79 Å². The molecule has 2 aromatic rings. The molecule has 2 aliphatic carbocycles. The van der Waals surface area contributed by atoms with Crippen LogP contribution in [-0.4, -0.2) is 5.97 Å². The first kappa shape index (κ1) is 18.5. The third kappa shape index (κ3) is 4.05. The molecule has 0 bridgehead atoms. The van der Waals surface area contributed by atoms with E-state index < -0.39 is 0 Å². The van der Waals surface area contributed by atoms with Crippen molar-refractivity contribution in [3.8, 4) is 5.75 Å². The molecule has 0 aliphatic heterocycles. The van der Waals surface area contributed by atoms with Gasteiger partial charge in [-0.15, -0.1) is 0 Å². The Morgan fingerprint density at radius 2 is 1.41 bits per heavy atom. The van der Waals surface area contributed by atoms with E-state index in [4.69, 9.17) is 4.74 Å². The van der Waals surface area contributed by atoms with Crippen LogP contribution >= 0.6 is 0 Å². The number of fused-ring (bicyclic) bond motifs is 1. The van der Waals surface area contributed by atoms with Crippen LogP contribution in [0.2, 0.25) is 0 Å². The summed E-state index contributed by atoms with van der Waals surface area (Å²) in [6, 6.07) is 12.2. The van der Waals surface area contributed by atoms with Gasteiger partial charge in [0, 0.05) is 5.39 Å². The molecule has 2 aliphatic rings. The average molecular weight is 365 g/mol. The van der Waals surface area contributed by atoms with Crippen LogP contribution in [0.3, 0.4) is 0 Å². The van der Waals surface area contributed by atoms with E-state index in [1.165, 1.54) is 44.1 Å². The zero-order valence-electron chi connectivity index (χ0n) is 16.7. The molecule has 0 aromatic heterocycles. The van der Waals surface area contributed by atoms with Crippen molar-refractivity contribution in [3.05, 3.63) is 42.0 Å². The summed E-state index contributed by atoms with van der Waals surface area (Å²) in [5.74, 6) is 3.41. The van der Waals surface area contributed by atoms with E-state index >= 15 is 0 Å². The minimum Gasteiger partial charge on any atom is -0.426 e. The highest BCUT2D eigenvalue weighted by Crippen LogP contribution is 2.41. The van der Waals surface area contributed by atoms with E-state index in [2.05, 4.69) is 19.9 Å². The van der Waals surface area contributed by atoms with Crippen LogP contribution in [0.4, 0.5) is 0 Å². The number of benzene rings is 2. The Kier molecular flexibility index (Phi) is 5.52. The van der Waals surface area contributed by atoms with Crippen molar-refractivity contribution in [2.45, 2.75) is 65.2 Å². The van der Waals surface area contributed by atoms with Gasteiger partial charge < -0.3 is 4.74 Å². The zero-order chi connectivity index (χ0) is 18.8. The summed E-state index contributed by atoms with van der Waals surface area (Å²) in [4.78, 5) is 12.8. The summed E-state index contributed by atoms with van der Waals surface area (Å²) in [5, 5.41) is 2.20.